The maximum absolute atomic E-state index is 12.4. The lowest BCUT2D eigenvalue weighted by atomic mass is 10.1. The van der Waals surface area contributed by atoms with Crippen molar-refractivity contribution in [1.29, 1.82) is 0 Å². The van der Waals surface area contributed by atoms with Crippen molar-refractivity contribution in [3.63, 3.8) is 0 Å². The molecule has 0 aromatic heterocycles. The highest BCUT2D eigenvalue weighted by Gasteiger charge is 2.22. The van der Waals surface area contributed by atoms with Crippen molar-refractivity contribution in [1.82, 2.24) is 0 Å². The zero-order valence-corrected chi connectivity index (χ0v) is 34.5. The Morgan fingerprint density at radius 3 is 1.33 bits per heavy atom. The van der Waals surface area contributed by atoms with E-state index in [1.165, 1.54) is 25.7 Å². The van der Waals surface area contributed by atoms with Crippen LogP contribution in [-0.4, -0.2) is 41.0 Å². The molecule has 0 aromatic rings. The maximum atomic E-state index is 12.4. The molecular formula is C45H73O8P. The fourth-order valence-corrected chi connectivity index (χ4v) is 5.41. The predicted molar refractivity (Wildman–Crippen MR) is 225 cm³/mol. The van der Waals surface area contributed by atoms with Crippen LogP contribution in [0.4, 0.5) is 0 Å². The largest absolute Gasteiger partial charge is 0.469 e. The average Bonchev–Trinajstić information content (AvgIpc) is 3.14. The molecule has 9 heteroatoms. The van der Waals surface area contributed by atoms with E-state index in [2.05, 4.69) is 116 Å². The van der Waals surface area contributed by atoms with Gasteiger partial charge in [-0.05, 0) is 96.3 Å². The third kappa shape index (κ3) is 41.7. The number of hydrogen-bond acceptors (Lipinski definition) is 6. The number of unbranched alkanes of at least 4 members (excludes halogenated alkanes) is 10. The lowest BCUT2D eigenvalue weighted by Crippen LogP contribution is -2.29. The second-order valence-corrected chi connectivity index (χ2v) is 14.5. The number of phosphoric ester groups is 1. The van der Waals surface area contributed by atoms with Crippen LogP contribution in [-0.2, 0) is 28.2 Å². The molecule has 8 nitrogen and oxygen atoms in total. The average molecular weight is 773 g/mol. The first-order valence-corrected chi connectivity index (χ1v) is 22.1. The molecule has 0 bridgehead atoms. The summed E-state index contributed by atoms with van der Waals surface area (Å²) in [4.78, 5) is 42.8. The molecule has 0 spiro atoms. The minimum atomic E-state index is -4.78. The fraction of sp³-hybridized carbons (Fsp3) is 0.600. The Labute approximate surface area is 328 Å². The van der Waals surface area contributed by atoms with Crippen molar-refractivity contribution in [2.75, 3.05) is 13.2 Å². The first-order valence-electron chi connectivity index (χ1n) is 20.5. The molecule has 0 aromatic carbocycles. The zero-order valence-electron chi connectivity index (χ0n) is 33.6. The van der Waals surface area contributed by atoms with Gasteiger partial charge in [-0.15, -0.1) is 0 Å². The van der Waals surface area contributed by atoms with Crippen LogP contribution in [0.15, 0.2) is 97.2 Å². The van der Waals surface area contributed by atoms with Crippen molar-refractivity contribution in [2.24, 2.45) is 0 Å². The molecule has 0 saturated carbocycles. The van der Waals surface area contributed by atoms with Crippen LogP contribution in [0, 0.1) is 0 Å². The van der Waals surface area contributed by atoms with Crippen LogP contribution >= 0.6 is 7.82 Å². The molecule has 54 heavy (non-hydrogen) atoms. The van der Waals surface area contributed by atoms with Gasteiger partial charge < -0.3 is 19.3 Å². The van der Waals surface area contributed by atoms with E-state index in [-0.39, 0.29) is 19.4 Å². The molecule has 0 heterocycles. The highest BCUT2D eigenvalue weighted by molar-refractivity contribution is 7.46. The summed E-state index contributed by atoms with van der Waals surface area (Å²) in [6.07, 6.45) is 54.1. The molecule has 1 atom stereocenters. The minimum absolute atomic E-state index is 0.163. The number of allylic oxidation sites excluding steroid dienone is 16. The Hall–Kier alpha value is -3.03. The highest BCUT2D eigenvalue weighted by Crippen LogP contribution is 2.36. The van der Waals surface area contributed by atoms with Gasteiger partial charge in [0.25, 0.3) is 0 Å². The molecule has 0 fully saturated rings. The van der Waals surface area contributed by atoms with Crippen molar-refractivity contribution in [2.45, 2.75) is 161 Å². The van der Waals surface area contributed by atoms with E-state index in [0.717, 1.165) is 89.9 Å². The van der Waals surface area contributed by atoms with Gasteiger partial charge in [0.1, 0.15) is 6.61 Å². The van der Waals surface area contributed by atoms with Gasteiger partial charge >= 0.3 is 19.8 Å². The molecule has 0 amide bonds. The van der Waals surface area contributed by atoms with Gasteiger partial charge in [-0.3, -0.25) is 14.1 Å². The molecule has 0 rings (SSSR count). The summed E-state index contributed by atoms with van der Waals surface area (Å²) >= 11 is 0. The van der Waals surface area contributed by atoms with E-state index in [1.54, 1.807) is 0 Å². The summed E-state index contributed by atoms with van der Waals surface area (Å²) in [5.74, 6) is -0.959. The number of phosphoric acid groups is 1. The van der Waals surface area contributed by atoms with Gasteiger partial charge in [-0.25, -0.2) is 4.57 Å². The number of ether oxygens (including phenoxy) is 2. The summed E-state index contributed by atoms with van der Waals surface area (Å²) in [7, 11) is -4.78. The van der Waals surface area contributed by atoms with Gasteiger partial charge in [-0.1, -0.05) is 143 Å². The number of rotatable bonds is 36. The summed E-state index contributed by atoms with van der Waals surface area (Å²) in [6.45, 7) is 3.48. The molecule has 0 aliphatic rings. The van der Waals surface area contributed by atoms with Crippen molar-refractivity contribution >= 4 is 19.8 Å². The third-order valence-corrected chi connectivity index (χ3v) is 8.57. The monoisotopic (exact) mass is 773 g/mol. The molecule has 0 aliphatic heterocycles. The maximum Gasteiger partial charge on any atom is 0.469 e. The second kappa shape index (κ2) is 39.7. The SMILES string of the molecule is CC/C=C\C/C=C\C/C=C\C/C=C\CCCCCCC(=O)OC[C@H](COP(=O)(O)O)OC(=O)CCCCC/C=C\C/C=C\C/C=C\C/C=C\CCCCC. The van der Waals surface area contributed by atoms with E-state index in [1.807, 2.05) is 0 Å². The molecular weight excluding hydrogens is 699 g/mol. The van der Waals surface area contributed by atoms with Crippen LogP contribution in [0.3, 0.4) is 0 Å². The summed E-state index contributed by atoms with van der Waals surface area (Å²) in [5, 5.41) is 0. The first-order chi connectivity index (χ1) is 26.3. The Kier molecular flexibility index (Phi) is 37.4. The molecule has 0 radical (unpaired) electrons. The molecule has 306 valence electrons. The molecule has 0 aliphatic carbocycles. The Balaban J connectivity index is 4.08. The van der Waals surface area contributed by atoms with Gasteiger partial charge in [-0.2, -0.15) is 0 Å². The molecule has 0 saturated heterocycles. The lowest BCUT2D eigenvalue weighted by Gasteiger charge is -2.18. The molecule has 0 unspecified atom stereocenters. The first kappa shape index (κ1) is 51.0. The predicted octanol–water partition coefficient (Wildman–Crippen LogP) is 12.6. The summed E-state index contributed by atoms with van der Waals surface area (Å²) in [6, 6.07) is 0. The summed E-state index contributed by atoms with van der Waals surface area (Å²) < 4.78 is 26.3. The molecule has 2 N–H and O–H groups in total. The second-order valence-electron chi connectivity index (χ2n) is 13.2. The van der Waals surface area contributed by atoms with E-state index >= 15 is 0 Å². The lowest BCUT2D eigenvalue weighted by molar-refractivity contribution is -0.161. The Bertz CT molecular complexity index is 1190. The van der Waals surface area contributed by atoms with E-state index in [4.69, 9.17) is 19.3 Å². The zero-order chi connectivity index (χ0) is 39.6. The standard InChI is InChI=1S/C45H73O8P/c1-3-5-7-9-11-13-15-17-19-21-22-24-26-28-30-32-34-36-38-40-45(47)53-43(42-52-54(48,49)50)41-51-44(46)39-37-35-33-31-29-27-25-23-20-18-16-14-12-10-8-6-4-2/h6,8,11-14,17-20,22,24-25,27-28,30,43H,3-5,7,9-10,15-16,21,23,26,29,31-42H2,1-2H3,(H2,48,49,50)/b8-6-,13-11-,14-12-,19-17-,20-18-,24-22-,27-25-,30-28-/t43-/m1/s1. The number of esters is 2. The van der Waals surface area contributed by atoms with Crippen molar-refractivity contribution in [3.8, 4) is 0 Å². The smallest absolute Gasteiger partial charge is 0.462 e. The Morgan fingerprint density at radius 1 is 0.500 bits per heavy atom. The number of carbonyl (C=O) groups is 2. The van der Waals surface area contributed by atoms with Crippen LogP contribution in [0.2, 0.25) is 0 Å². The van der Waals surface area contributed by atoms with E-state index in [0.29, 0.717) is 12.8 Å². The van der Waals surface area contributed by atoms with Crippen LogP contribution in [0.25, 0.3) is 0 Å². The fourth-order valence-electron chi connectivity index (χ4n) is 5.05. The van der Waals surface area contributed by atoms with Gasteiger partial charge in [0.05, 0.1) is 6.61 Å². The number of carbonyl (C=O) groups excluding carboxylic acids is 2. The van der Waals surface area contributed by atoms with Crippen molar-refractivity contribution in [3.05, 3.63) is 97.2 Å². The van der Waals surface area contributed by atoms with Gasteiger partial charge in [0.15, 0.2) is 6.10 Å². The normalized spacial score (nSPS) is 13.5. The topological polar surface area (TPSA) is 119 Å². The van der Waals surface area contributed by atoms with Gasteiger partial charge in [0, 0.05) is 12.8 Å². The quantitative estimate of drug-likeness (QED) is 0.0280. The summed E-state index contributed by atoms with van der Waals surface area (Å²) in [5.41, 5.74) is 0. The van der Waals surface area contributed by atoms with Crippen LogP contribution in [0.5, 0.6) is 0 Å². The van der Waals surface area contributed by atoms with Gasteiger partial charge in [0.2, 0.25) is 0 Å². The third-order valence-electron chi connectivity index (χ3n) is 8.09. The highest BCUT2D eigenvalue weighted by atomic mass is 31.2. The van der Waals surface area contributed by atoms with E-state index in [9.17, 15) is 14.2 Å². The van der Waals surface area contributed by atoms with Crippen molar-refractivity contribution < 1.29 is 37.9 Å². The number of hydrogen-bond donors (Lipinski definition) is 2. The Morgan fingerprint density at radius 2 is 0.889 bits per heavy atom. The van der Waals surface area contributed by atoms with Crippen LogP contribution in [0.1, 0.15) is 155 Å². The minimum Gasteiger partial charge on any atom is -0.462 e. The van der Waals surface area contributed by atoms with Crippen LogP contribution < -0.4 is 0 Å². The van der Waals surface area contributed by atoms with E-state index < -0.39 is 32.5 Å².